The molecule has 0 aromatic heterocycles. The lowest BCUT2D eigenvalue weighted by Crippen LogP contribution is -2.18. The third kappa shape index (κ3) is 3.40. The summed E-state index contributed by atoms with van der Waals surface area (Å²) in [7, 11) is 0. The van der Waals surface area contributed by atoms with Gasteiger partial charge in [0, 0.05) is 11.6 Å². The van der Waals surface area contributed by atoms with Gasteiger partial charge in [0.2, 0.25) is 5.91 Å². The molecular formula is C7H11NO3. The van der Waals surface area contributed by atoms with E-state index in [0.717, 1.165) is 6.08 Å². The lowest BCUT2D eigenvalue weighted by Gasteiger charge is -2.04. The highest BCUT2D eigenvalue weighted by Crippen LogP contribution is 2.07. The number of rotatable bonds is 3. The molecule has 0 aromatic rings. The van der Waals surface area contributed by atoms with Crippen LogP contribution >= 0.6 is 0 Å². The fraction of sp³-hybridized carbons (Fsp3) is 0.429. The molecule has 0 rings (SSSR count). The topological polar surface area (TPSA) is 80.4 Å². The van der Waals surface area contributed by atoms with Gasteiger partial charge in [0.15, 0.2) is 0 Å². The summed E-state index contributed by atoms with van der Waals surface area (Å²) in [5.74, 6) is -1.97. The minimum atomic E-state index is -1.15. The van der Waals surface area contributed by atoms with Crippen molar-refractivity contribution < 1.29 is 14.7 Å². The average Bonchev–Trinajstić information content (AvgIpc) is 1.81. The molecule has 1 amide bonds. The second-order valence-corrected chi connectivity index (χ2v) is 2.46. The van der Waals surface area contributed by atoms with Crippen LogP contribution in [0, 0.1) is 5.92 Å². The van der Waals surface area contributed by atoms with Crippen molar-refractivity contribution >= 4 is 11.9 Å². The fourth-order valence-electron chi connectivity index (χ4n) is 0.655. The Morgan fingerprint density at radius 1 is 1.45 bits per heavy atom. The number of carboxylic acid groups (broad SMARTS) is 1. The van der Waals surface area contributed by atoms with Crippen molar-refractivity contribution in [1.29, 1.82) is 0 Å². The van der Waals surface area contributed by atoms with E-state index in [2.05, 4.69) is 0 Å². The molecule has 0 bridgehead atoms. The highest BCUT2D eigenvalue weighted by Gasteiger charge is 2.10. The molecule has 0 atom stereocenters. The Kier molecular flexibility index (Phi) is 3.30. The number of carbonyl (C=O) groups excluding carboxylic acids is 1. The molecule has 0 aromatic carbocycles. The van der Waals surface area contributed by atoms with Gasteiger partial charge in [0.25, 0.3) is 0 Å². The van der Waals surface area contributed by atoms with Crippen molar-refractivity contribution in [3.63, 3.8) is 0 Å². The summed E-state index contributed by atoms with van der Waals surface area (Å²) in [6.07, 6.45) is 0.840. The van der Waals surface area contributed by atoms with Gasteiger partial charge in [-0.25, -0.2) is 4.79 Å². The maximum atomic E-state index is 10.6. The first-order chi connectivity index (χ1) is 4.95. The number of hydrogen-bond donors (Lipinski definition) is 2. The van der Waals surface area contributed by atoms with Crippen molar-refractivity contribution in [3.05, 3.63) is 11.6 Å². The van der Waals surface area contributed by atoms with E-state index in [1.807, 2.05) is 0 Å². The summed E-state index contributed by atoms with van der Waals surface area (Å²) in [5, 5.41) is 8.30. The van der Waals surface area contributed by atoms with Crippen LogP contribution in [0.25, 0.3) is 0 Å². The van der Waals surface area contributed by atoms with Gasteiger partial charge in [-0.1, -0.05) is 13.8 Å². The standard InChI is InChI=1S/C7H11NO3/c1-4(2)5(7(8)11)3-6(9)10/h3-4H,1-2H3,(H2,8,11)(H,9,10)/b5-3-. The molecule has 0 aliphatic rings. The van der Waals surface area contributed by atoms with Gasteiger partial charge >= 0.3 is 5.97 Å². The average molecular weight is 157 g/mol. The molecule has 62 valence electrons. The molecule has 0 unspecified atom stereocenters. The van der Waals surface area contributed by atoms with E-state index < -0.39 is 11.9 Å². The molecular weight excluding hydrogens is 146 g/mol. The third-order valence-electron chi connectivity index (χ3n) is 1.19. The van der Waals surface area contributed by atoms with Gasteiger partial charge in [-0.15, -0.1) is 0 Å². The van der Waals surface area contributed by atoms with Crippen LogP contribution < -0.4 is 5.73 Å². The Labute approximate surface area is 64.7 Å². The minimum Gasteiger partial charge on any atom is -0.478 e. The summed E-state index contributed by atoms with van der Waals surface area (Å²) in [4.78, 5) is 20.7. The fourth-order valence-corrected chi connectivity index (χ4v) is 0.655. The zero-order chi connectivity index (χ0) is 9.02. The van der Waals surface area contributed by atoms with Gasteiger partial charge < -0.3 is 10.8 Å². The first kappa shape index (κ1) is 9.68. The number of primary amides is 1. The monoisotopic (exact) mass is 157 g/mol. The maximum Gasteiger partial charge on any atom is 0.328 e. The van der Waals surface area contributed by atoms with E-state index in [4.69, 9.17) is 10.8 Å². The van der Waals surface area contributed by atoms with Gasteiger partial charge in [-0.05, 0) is 5.92 Å². The van der Waals surface area contributed by atoms with Gasteiger partial charge in [0.05, 0.1) is 0 Å². The van der Waals surface area contributed by atoms with E-state index in [1.165, 1.54) is 0 Å². The molecule has 0 radical (unpaired) electrons. The number of nitrogens with two attached hydrogens (primary N) is 1. The Morgan fingerprint density at radius 2 is 1.91 bits per heavy atom. The quantitative estimate of drug-likeness (QED) is 0.572. The van der Waals surface area contributed by atoms with Crippen LogP contribution in [-0.2, 0) is 9.59 Å². The highest BCUT2D eigenvalue weighted by atomic mass is 16.4. The summed E-state index contributed by atoms with van der Waals surface area (Å²) in [6, 6.07) is 0. The molecule has 0 aliphatic heterocycles. The number of amides is 1. The van der Waals surface area contributed by atoms with Gasteiger partial charge in [-0.2, -0.15) is 0 Å². The van der Waals surface area contributed by atoms with Crippen LogP contribution in [0.15, 0.2) is 11.6 Å². The summed E-state index contributed by atoms with van der Waals surface area (Å²) < 4.78 is 0. The Morgan fingerprint density at radius 3 is 2.00 bits per heavy atom. The van der Waals surface area contributed by atoms with Crippen LogP contribution in [0.1, 0.15) is 13.8 Å². The second kappa shape index (κ2) is 3.75. The molecule has 0 spiro atoms. The van der Waals surface area contributed by atoms with Crippen LogP contribution in [0.4, 0.5) is 0 Å². The number of aliphatic carboxylic acids is 1. The molecule has 0 heterocycles. The highest BCUT2D eigenvalue weighted by molar-refractivity contribution is 5.98. The van der Waals surface area contributed by atoms with Crippen LogP contribution in [0.3, 0.4) is 0 Å². The maximum absolute atomic E-state index is 10.6. The molecule has 0 saturated carbocycles. The second-order valence-electron chi connectivity index (χ2n) is 2.46. The molecule has 4 nitrogen and oxygen atoms in total. The van der Waals surface area contributed by atoms with E-state index in [0.29, 0.717) is 0 Å². The smallest absolute Gasteiger partial charge is 0.328 e. The molecule has 4 heteroatoms. The molecule has 3 N–H and O–H groups in total. The van der Waals surface area contributed by atoms with Crippen molar-refractivity contribution in [3.8, 4) is 0 Å². The predicted octanol–water partition coefficient (Wildman–Crippen LogP) is 0.139. The lowest BCUT2D eigenvalue weighted by molar-refractivity contribution is -0.131. The van der Waals surface area contributed by atoms with E-state index in [-0.39, 0.29) is 11.5 Å². The zero-order valence-corrected chi connectivity index (χ0v) is 6.50. The SMILES string of the molecule is CC(C)/C(=C/C(=O)O)C(N)=O. The summed E-state index contributed by atoms with van der Waals surface area (Å²) in [6.45, 7) is 3.42. The molecule has 11 heavy (non-hydrogen) atoms. The van der Waals surface area contributed by atoms with Gasteiger partial charge in [-0.3, -0.25) is 4.79 Å². The molecule has 0 saturated heterocycles. The normalized spacial score (nSPS) is 11.7. The predicted molar refractivity (Wildman–Crippen MR) is 39.8 cm³/mol. The number of carboxylic acids is 1. The van der Waals surface area contributed by atoms with Crippen LogP contribution in [-0.4, -0.2) is 17.0 Å². The van der Waals surface area contributed by atoms with E-state index in [1.54, 1.807) is 13.8 Å². The Hall–Kier alpha value is -1.32. The number of carbonyl (C=O) groups is 2. The van der Waals surface area contributed by atoms with Crippen LogP contribution in [0.2, 0.25) is 0 Å². The van der Waals surface area contributed by atoms with Gasteiger partial charge in [0.1, 0.15) is 0 Å². The van der Waals surface area contributed by atoms with Crippen molar-refractivity contribution in [2.45, 2.75) is 13.8 Å². The summed E-state index contributed by atoms with van der Waals surface area (Å²) in [5.41, 5.74) is 5.05. The molecule has 0 fully saturated rings. The van der Waals surface area contributed by atoms with E-state index in [9.17, 15) is 9.59 Å². The minimum absolute atomic E-state index is 0.137. The molecule has 0 aliphatic carbocycles. The van der Waals surface area contributed by atoms with Crippen molar-refractivity contribution in [1.82, 2.24) is 0 Å². The lowest BCUT2D eigenvalue weighted by atomic mass is 10.0. The first-order valence-corrected chi connectivity index (χ1v) is 3.19. The largest absolute Gasteiger partial charge is 0.478 e. The first-order valence-electron chi connectivity index (χ1n) is 3.19. The summed E-state index contributed by atoms with van der Waals surface area (Å²) >= 11 is 0. The number of hydrogen-bond acceptors (Lipinski definition) is 2. The Balaban J connectivity index is 4.60. The van der Waals surface area contributed by atoms with E-state index >= 15 is 0 Å². The third-order valence-corrected chi connectivity index (χ3v) is 1.19. The van der Waals surface area contributed by atoms with Crippen molar-refractivity contribution in [2.24, 2.45) is 11.7 Å². The van der Waals surface area contributed by atoms with Crippen molar-refractivity contribution in [2.75, 3.05) is 0 Å². The Bertz CT molecular complexity index is 206. The van der Waals surface area contributed by atoms with Crippen LogP contribution in [0.5, 0.6) is 0 Å². The zero-order valence-electron chi connectivity index (χ0n) is 6.50.